The Labute approximate surface area is 103 Å². The summed E-state index contributed by atoms with van der Waals surface area (Å²) in [4.78, 5) is 0. The second-order valence-corrected chi connectivity index (χ2v) is 4.17. The lowest BCUT2D eigenvalue weighted by Crippen LogP contribution is -2.36. The van der Waals surface area contributed by atoms with E-state index >= 15 is 0 Å². The van der Waals surface area contributed by atoms with E-state index in [0.717, 1.165) is 25.0 Å². The molecule has 2 N–H and O–H groups in total. The Kier molecular flexibility index (Phi) is 5.68. The molecule has 92 valence electrons. The molecular formula is C14H20N2O. The van der Waals surface area contributed by atoms with E-state index in [-0.39, 0.29) is 0 Å². The van der Waals surface area contributed by atoms with Gasteiger partial charge in [0.1, 0.15) is 5.54 Å². The summed E-state index contributed by atoms with van der Waals surface area (Å²) >= 11 is 0. The molecule has 1 aromatic carbocycles. The van der Waals surface area contributed by atoms with Gasteiger partial charge in [0, 0.05) is 19.6 Å². The molecule has 0 spiro atoms. The van der Waals surface area contributed by atoms with Crippen molar-refractivity contribution in [1.82, 2.24) is 0 Å². The largest absolute Gasteiger partial charge is 0.381 e. The van der Waals surface area contributed by atoms with E-state index in [4.69, 9.17) is 10.5 Å². The van der Waals surface area contributed by atoms with Gasteiger partial charge in [0.05, 0.1) is 6.07 Å². The van der Waals surface area contributed by atoms with Crippen LogP contribution in [0.1, 0.15) is 31.7 Å². The molecule has 0 aromatic heterocycles. The standard InChI is InChI=1S/C14H20N2O/c1-2-3-10-17-11-9-14(16,12-15)13-7-5-4-6-8-13/h4-8H,2-3,9-11,16H2,1H3. The van der Waals surface area contributed by atoms with Crippen molar-refractivity contribution in [3.05, 3.63) is 35.9 Å². The summed E-state index contributed by atoms with van der Waals surface area (Å²) in [6, 6.07) is 11.7. The molecule has 3 nitrogen and oxygen atoms in total. The Morgan fingerprint density at radius 1 is 1.29 bits per heavy atom. The molecule has 17 heavy (non-hydrogen) atoms. The number of hydrogen-bond donors (Lipinski definition) is 1. The van der Waals surface area contributed by atoms with Crippen molar-refractivity contribution in [3.63, 3.8) is 0 Å². The van der Waals surface area contributed by atoms with Gasteiger partial charge in [0.25, 0.3) is 0 Å². The van der Waals surface area contributed by atoms with Crippen LogP contribution in [0.2, 0.25) is 0 Å². The molecule has 0 aliphatic rings. The maximum absolute atomic E-state index is 9.21. The molecule has 0 saturated carbocycles. The molecule has 0 bridgehead atoms. The SMILES string of the molecule is CCCCOCCC(N)(C#N)c1ccccc1. The summed E-state index contributed by atoms with van der Waals surface area (Å²) < 4.78 is 5.46. The van der Waals surface area contributed by atoms with Gasteiger partial charge in [-0.05, 0) is 12.0 Å². The summed E-state index contributed by atoms with van der Waals surface area (Å²) in [6.07, 6.45) is 2.69. The second kappa shape index (κ2) is 7.05. The van der Waals surface area contributed by atoms with E-state index in [9.17, 15) is 5.26 Å². The molecule has 1 unspecified atom stereocenters. The van der Waals surface area contributed by atoms with Crippen molar-refractivity contribution in [2.24, 2.45) is 5.73 Å². The normalized spacial score (nSPS) is 13.9. The topological polar surface area (TPSA) is 59.0 Å². The zero-order valence-electron chi connectivity index (χ0n) is 10.4. The minimum Gasteiger partial charge on any atom is -0.381 e. The maximum Gasteiger partial charge on any atom is 0.132 e. The van der Waals surface area contributed by atoms with Gasteiger partial charge in [0.15, 0.2) is 0 Å². The van der Waals surface area contributed by atoms with Crippen LogP contribution in [0.15, 0.2) is 30.3 Å². The first-order chi connectivity index (χ1) is 8.23. The molecule has 0 aliphatic carbocycles. The molecule has 0 fully saturated rings. The van der Waals surface area contributed by atoms with Crippen molar-refractivity contribution in [2.75, 3.05) is 13.2 Å². The third kappa shape index (κ3) is 4.18. The molecule has 0 radical (unpaired) electrons. The molecule has 1 aromatic rings. The third-order valence-corrected chi connectivity index (χ3v) is 2.77. The zero-order chi connectivity index (χ0) is 12.6. The van der Waals surface area contributed by atoms with Crippen LogP contribution < -0.4 is 5.73 Å². The van der Waals surface area contributed by atoms with Crippen LogP contribution in [-0.2, 0) is 10.3 Å². The predicted octanol–water partition coefficient (Wildman–Crippen LogP) is 2.57. The molecule has 1 rings (SSSR count). The molecule has 0 amide bonds. The molecular weight excluding hydrogens is 212 g/mol. The van der Waals surface area contributed by atoms with E-state index < -0.39 is 5.54 Å². The Morgan fingerprint density at radius 3 is 2.59 bits per heavy atom. The summed E-state index contributed by atoms with van der Waals surface area (Å²) in [5.74, 6) is 0. The lowest BCUT2D eigenvalue weighted by atomic mass is 9.89. The van der Waals surface area contributed by atoms with Crippen LogP contribution in [0.3, 0.4) is 0 Å². The fourth-order valence-electron chi connectivity index (χ4n) is 1.58. The van der Waals surface area contributed by atoms with Crippen LogP contribution in [0, 0.1) is 11.3 Å². The van der Waals surface area contributed by atoms with Gasteiger partial charge >= 0.3 is 0 Å². The fraction of sp³-hybridized carbons (Fsp3) is 0.500. The van der Waals surface area contributed by atoms with E-state index in [2.05, 4.69) is 13.0 Å². The van der Waals surface area contributed by atoms with Crippen molar-refractivity contribution in [1.29, 1.82) is 5.26 Å². The molecule has 3 heteroatoms. The average molecular weight is 232 g/mol. The maximum atomic E-state index is 9.21. The highest BCUT2D eigenvalue weighted by Crippen LogP contribution is 2.21. The zero-order valence-corrected chi connectivity index (χ0v) is 10.4. The van der Waals surface area contributed by atoms with Crippen molar-refractivity contribution >= 4 is 0 Å². The number of hydrogen-bond acceptors (Lipinski definition) is 3. The average Bonchev–Trinajstić information content (AvgIpc) is 2.39. The van der Waals surface area contributed by atoms with Gasteiger partial charge < -0.3 is 10.5 Å². The van der Waals surface area contributed by atoms with Gasteiger partial charge in [-0.15, -0.1) is 0 Å². The van der Waals surface area contributed by atoms with Crippen LogP contribution in [0.4, 0.5) is 0 Å². The first-order valence-electron chi connectivity index (χ1n) is 6.06. The first kappa shape index (κ1) is 13.7. The number of nitriles is 1. The van der Waals surface area contributed by atoms with Crippen molar-refractivity contribution in [2.45, 2.75) is 31.7 Å². The van der Waals surface area contributed by atoms with Crippen molar-refractivity contribution < 1.29 is 4.74 Å². The Balaban J connectivity index is 2.50. The highest BCUT2D eigenvalue weighted by Gasteiger charge is 2.26. The summed E-state index contributed by atoms with van der Waals surface area (Å²) in [5.41, 5.74) is 6.00. The van der Waals surface area contributed by atoms with Crippen LogP contribution in [-0.4, -0.2) is 13.2 Å². The number of nitrogens with zero attached hydrogens (tertiary/aromatic N) is 1. The quantitative estimate of drug-likeness (QED) is 0.735. The van der Waals surface area contributed by atoms with Gasteiger partial charge in [-0.2, -0.15) is 5.26 Å². The lowest BCUT2D eigenvalue weighted by molar-refractivity contribution is 0.118. The fourth-order valence-corrected chi connectivity index (χ4v) is 1.58. The van der Waals surface area contributed by atoms with Crippen molar-refractivity contribution in [3.8, 4) is 6.07 Å². The highest BCUT2D eigenvalue weighted by molar-refractivity contribution is 5.30. The summed E-state index contributed by atoms with van der Waals surface area (Å²) in [5, 5.41) is 9.21. The lowest BCUT2D eigenvalue weighted by Gasteiger charge is -2.21. The first-order valence-corrected chi connectivity index (χ1v) is 6.06. The predicted molar refractivity (Wildman–Crippen MR) is 68.3 cm³/mol. The number of unbranched alkanes of at least 4 members (excludes halogenated alkanes) is 1. The van der Waals surface area contributed by atoms with E-state index in [1.165, 1.54) is 0 Å². The monoisotopic (exact) mass is 232 g/mol. The summed E-state index contributed by atoms with van der Waals surface area (Å²) in [6.45, 7) is 3.39. The molecule has 0 aliphatic heterocycles. The Morgan fingerprint density at radius 2 is 2.00 bits per heavy atom. The van der Waals surface area contributed by atoms with Gasteiger partial charge in [-0.3, -0.25) is 0 Å². The Hall–Kier alpha value is -1.37. The smallest absolute Gasteiger partial charge is 0.132 e. The third-order valence-electron chi connectivity index (χ3n) is 2.77. The van der Waals surface area contributed by atoms with Gasteiger partial charge in [0.2, 0.25) is 0 Å². The number of benzene rings is 1. The second-order valence-electron chi connectivity index (χ2n) is 4.17. The Bertz CT molecular complexity index is 358. The number of nitrogens with two attached hydrogens (primary N) is 1. The van der Waals surface area contributed by atoms with Gasteiger partial charge in [-0.25, -0.2) is 0 Å². The van der Waals surface area contributed by atoms with Crippen LogP contribution >= 0.6 is 0 Å². The van der Waals surface area contributed by atoms with Crippen LogP contribution in [0.25, 0.3) is 0 Å². The summed E-state index contributed by atoms with van der Waals surface area (Å²) in [7, 11) is 0. The van der Waals surface area contributed by atoms with E-state index in [1.54, 1.807) is 0 Å². The van der Waals surface area contributed by atoms with Gasteiger partial charge in [-0.1, -0.05) is 43.7 Å². The van der Waals surface area contributed by atoms with E-state index in [0.29, 0.717) is 13.0 Å². The molecule has 0 heterocycles. The highest BCUT2D eigenvalue weighted by atomic mass is 16.5. The van der Waals surface area contributed by atoms with Crippen LogP contribution in [0.5, 0.6) is 0 Å². The minimum absolute atomic E-state index is 0.525. The number of ether oxygens (including phenoxy) is 1. The minimum atomic E-state index is -0.937. The number of rotatable bonds is 7. The van der Waals surface area contributed by atoms with E-state index in [1.807, 2.05) is 30.3 Å². The molecule has 0 saturated heterocycles. The molecule has 1 atom stereocenters.